The maximum atomic E-state index is 12.5. The standard InChI is InChI=1S/C13H11F2NO4/c14-10(15)9(13(19)20)5-6-16-11(17)7-3-1-2-4-8(7)12(16)18/h1-4,9-10H,5-6H2,(H,19,20). The highest BCUT2D eigenvalue weighted by molar-refractivity contribution is 6.21. The van der Waals surface area contributed by atoms with Crippen LogP contribution in [0.3, 0.4) is 0 Å². The van der Waals surface area contributed by atoms with Gasteiger partial charge in [0.25, 0.3) is 18.2 Å². The van der Waals surface area contributed by atoms with Crippen molar-refractivity contribution in [2.45, 2.75) is 12.8 Å². The number of rotatable bonds is 5. The molecule has 1 aliphatic rings. The largest absolute Gasteiger partial charge is 0.481 e. The van der Waals surface area contributed by atoms with E-state index in [9.17, 15) is 23.2 Å². The summed E-state index contributed by atoms with van der Waals surface area (Å²) in [6.07, 6.45) is -3.51. The van der Waals surface area contributed by atoms with Crippen LogP contribution in [0, 0.1) is 5.92 Å². The van der Waals surface area contributed by atoms with Crippen molar-refractivity contribution < 1.29 is 28.3 Å². The Hall–Kier alpha value is -2.31. The molecular formula is C13H11F2NO4. The van der Waals surface area contributed by atoms with E-state index >= 15 is 0 Å². The number of hydrogen-bond acceptors (Lipinski definition) is 3. The van der Waals surface area contributed by atoms with Crippen molar-refractivity contribution in [3.63, 3.8) is 0 Å². The molecule has 1 atom stereocenters. The van der Waals surface area contributed by atoms with E-state index in [1.807, 2.05) is 0 Å². The van der Waals surface area contributed by atoms with Gasteiger partial charge in [0.2, 0.25) is 0 Å². The Morgan fingerprint density at radius 3 is 2.05 bits per heavy atom. The fraction of sp³-hybridized carbons (Fsp3) is 0.308. The number of carbonyl (C=O) groups excluding carboxylic acids is 2. The van der Waals surface area contributed by atoms with Crippen LogP contribution >= 0.6 is 0 Å². The number of carbonyl (C=O) groups is 3. The van der Waals surface area contributed by atoms with Gasteiger partial charge in [0.15, 0.2) is 0 Å². The van der Waals surface area contributed by atoms with Crippen molar-refractivity contribution in [1.82, 2.24) is 4.90 Å². The zero-order chi connectivity index (χ0) is 14.9. The predicted octanol–water partition coefficient (Wildman–Crippen LogP) is 1.64. The maximum Gasteiger partial charge on any atom is 0.312 e. The molecule has 0 fully saturated rings. The number of halogens is 2. The predicted molar refractivity (Wildman–Crippen MR) is 63.6 cm³/mol. The minimum atomic E-state index is -3.04. The molecule has 1 aliphatic heterocycles. The molecule has 2 rings (SSSR count). The summed E-state index contributed by atoms with van der Waals surface area (Å²) in [5.74, 6) is -4.69. The Labute approximate surface area is 112 Å². The van der Waals surface area contributed by atoms with Gasteiger partial charge in [-0.25, -0.2) is 8.78 Å². The number of imide groups is 1. The van der Waals surface area contributed by atoms with E-state index in [-0.39, 0.29) is 17.7 Å². The minimum absolute atomic E-state index is 0.210. The number of amides is 2. The molecule has 1 unspecified atom stereocenters. The SMILES string of the molecule is O=C(O)C(CCN1C(=O)c2ccccc2C1=O)C(F)F. The highest BCUT2D eigenvalue weighted by Crippen LogP contribution is 2.24. The molecule has 0 saturated heterocycles. The monoisotopic (exact) mass is 283 g/mol. The third-order valence-electron chi connectivity index (χ3n) is 3.16. The summed E-state index contributed by atoms with van der Waals surface area (Å²) in [6.45, 7) is -0.340. The van der Waals surface area contributed by atoms with Crippen LogP contribution in [-0.4, -0.2) is 40.8 Å². The van der Waals surface area contributed by atoms with Crippen molar-refractivity contribution in [2.24, 2.45) is 5.92 Å². The second kappa shape index (κ2) is 5.36. The summed E-state index contributed by atoms with van der Waals surface area (Å²) in [5, 5.41) is 8.65. The van der Waals surface area contributed by atoms with Crippen LogP contribution in [0.4, 0.5) is 8.78 Å². The summed E-state index contributed by atoms with van der Waals surface area (Å²) in [6, 6.07) is 6.12. The Morgan fingerprint density at radius 1 is 1.15 bits per heavy atom. The molecule has 1 aromatic carbocycles. The third kappa shape index (κ3) is 2.38. The quantitative estimate of drug-likeness (QED) is 0.834. The number of carboxylic acids is 1. The van der Waals surface area contributed by atoms with Gasteiger partial charge in [-0.1, -0.05) is 12.1 Å². The molecule has 0 aliphatic carbocycles. The van der Waals surface area contributed by atoms with E-state index in [0.717, 1.165) is 4.90 Å². The molecule has 1 heterocycles. The molecule has 0 spiro atoms. The van der Waals surface area contributed by atoms with Crippen LogP contribution in [0.25, 0.3) is 0 Å². The van der Waals surface area contributed by atoms with Gasteiger partial charge in [0.05, 0.1) is 11.1 Å². The van der Waals surface area contributed by atoms with Gasteiger partial charge in [-0.2, -0.15) is 0 Å². The Kier molecular flexibility index (Phi) is 3.78. The number of hydrogen-bond donors (Lipinski definition) is 1. The molecule has 0 radical (unpaired) electrons. The second-order valence-corrected chi connectivity index (χ2v) is 4.38. The molecule has 0 bridgehead atoms. The molecular weight excluding hydrogens is 272 g/mol. The summed E-state index contributed by atoms with van der Waals surface area (Å²) < 4.78 is 25.0. The van der Waals surface area contributed by atoms with E-state index < -0.39 is 36.5 Å². The number of benzene rings is 1. The van der Waals surface area contributed by atoms with Crippen LogP contribution in [0.2, 0.25) is 0 Å². The lowest BCUT2D eigenvalue weighted by molar-refractivity contribution is -0.147. The maximum absolute atomic E-state index is 12.5. The minimum Gasteiger partial charge on any atom is -0.481 e. The summed E-state index contributed by atoms with van der Waals surface area (Å²) in [5.41, 5.74) is 0.419. The number of alkyl halides is 2. The highest BCUT2D eigenvalue weighted by atomic mass is 19.3. The van der Waals surface area contributed by atoms with Gasteiger partial charge >= 0.3 is 5.97 Å². The Morgan fingerprint density at radius 2 is 1.65 bits per heavy atom. The molecule has 2 amide bonds. The first-order chi connectivity index (χ1) is 9.43. The van der Waals surface area contributed by atoms with Crippen LogP contribution in [-0.2, 0) is 4.79 Å². The van der Waals surface area contributed by atoms with Crippen molar-refractivity contribution in [3.05, 3.63) is 35.4 Å². The number of fused-ring (bicyclic) bond motifs is 1. The normalized spacial score (nSPS) is 15.7. The molecule has 5 nitrogen and oxygen atoms in total. The first kappa shape index (κ1) is 14.1. The van der Waals surface area contributed by atoms with Gasteiger partial charge < -0.3 is 5.11 Å². The van der Waals surface area contributed by atoms with Crippen LogP contribution in [0.5, 0.6) is 0 Å². The highest BCUT2D eigenvalue weighted by Gasteiger charge is 2.37. The van der Waals surface area contributed by atoms with Gasteiger partial charge in [0.1, 0.15) is 5.92 Å². The van der Waals surface area contributed by atoms with Crippen molar-refractivity contribution in [3.8, 4) is 0 Å². The molecule has 1 N–H and O–H groups in total. The topological polar surface area (TPSA) is 74.7 Å². The Balaban J connectivity index is 2.11. The summed E-state index contributed by atoms with van der Waals surface area (Å²) in [7, 11) is 0. The van der Waals surface area contributed by atoms with Gasteiger partial charge in [-0.05, 0) is 18.6 Å². The van der Waals surface area contributed by atoms with Crippen molar-refractivity contribution in [1.29, 1.82) is 0 Å². The molecule has 20 heavy (non-hydrogen) atoms. The van der Waals surface area contributed by atoms with Gasteiger partial charge in [-0.15, -0.1) is 0 Å². The number of aliphatic carboxylic acids is 1. The van der Waals surface area contributed by atoms with Gasteiger partial charge in [0, 0.05) is 6.54 Å². The fourth-order valence-corrected chi connectivity index (χ4v) is 2.07. The van der Waals surface area contributed by atoms with E-state index in [0.29, 0.717) is 0 Å². The van der Waals surface area contributed by atoms with Crippen LogP contribution in [0.15, 0.2) is 24.3 Å². The average molecular weight is 283 g/mol. The van der Waals surface area contributed by atoms with E-state index in [1.54, 1.807) is 12.1 Å². The molecule has 1 aromatic rings. The number of carboxylic acid groups (broad SMARTS) is 1. The Bertz CT molecular complexity index is 538. The zero-order valence-electron chi connectivity index (χ0n) is 10.3. The number of nitrogens with zero attached hydrogens (tertiary/aromatic N) is 1. The lowest BCUT2D eigenvalue weighted by Gasteiger charge is -2.17. The van der Waals surface area contributed by atoms with Crippen LogP contribution in [0.1, 0.15) is 27.1 Å². The summed E-state index contributed by atoms with van der Waals surface area (Å²) in [4.78, 5) is 35.3. The fourth-order valence-electron chi connectivity index (χ4n) is 2.07. The van der Waals surface area contributed by atoms with Crippen molar-refractivity contribution >= 4 is 17.8 Å². The molecule has 106 valence electrons. The van der Waals surface area contributed by atoms with E-state index in [2.05, 4.69) is 0 Å². The van der Waals surface area contributed by atoms with E-state index in [4.69, 9.17) is 5.11 Å². The molecule has 0 aromatic heterocycles. The first-order valence-electron chi connectivity index (χ1n) is 5.89. The smallest absolute Gasteiger partial charge is 0.312 e. The first-order valence-corrected chi connectivity index (χ1v) is 5.89. The lowest BCUT2D eigenvalue weighted by Crippen LogP contribution is -2.34. The summed E-state index contributed by atoms with van der Waals surface area (Å²) >= 11 is 0. The van der Waals surface area contributed by atoms with Gasteiger partial charge in [-0.3, -0.25) is 19.3 Å². The average Bonchev–Trinajstić information content (AvgIpc) is 2.63. The lowest BCUT2D eigenvalue weighted by atomic mass is 10.1. The van der Waals surface area contributed by atoms with E-state index in [1.165, 1.54) is 12.1 Å². The zero-order valence-corrected chi connectivity index (χ0v) is 10.3. The second-order valence-electron chi connectivity index (χ2n) is 4.38. The molecule has 0 saturated carbocycles. The van der Waals surface area contributed by atoms with Crippen LogP contribution < -0.4 is 0 Å². The third-order valence-corrected chi connectivity index (χ3v) is 3.16. The van der Waals surface area contributed by atoms with Crippen molar-refractivity contribution in [2.75, 3.05) is 6.54 Å². The molecule has 7 heteroatoms.